The molecule has 140 valence electrons. The summed E-state index contributed by atoms with van der Waals surface area (Å²) in [6.45, 7) is 4.46. The van der Waals surface area contributed by atoms with E-state index in [1.165, 1.54) is 6.42 Å². The van der Waals surface area contributed by atoms with E-state index in [4.69, 9.17) is 0 Å². The van der Waals surface area contributed by atoms with E-state index < -0.39 is 5.60 Å². The molecule has 4 saturated carbocycles. The molecular weight excluding hydrogens is 316 g/mol. The van der Waals surface area contributed by atoms with Gasteiger partial charge in [-0.1, -0.05) is 13.3 Å². The summed E-state index contributed by atoms with van der Waals surface area (Å²) in [5, 5.41) is 14.2. The van der Waals surface area contributed by atoms with Crippen molar-refractivity contribution in [1.82, 2.24) is 10.2 Å². The van der Waals surface area contributed by atoms with Crippen LogP contribution in [0.1, 0.15) is 71.1 Å². The zero-order valence-corrected chi connectivity index (χ0v) is 15.5. The molecule has 2 amide bonds. The Morgan fingerprint density at radius 1 is 1.28 bits per heavy atom. The topological polar surface area (TPSA) is 69.6 Å². The Morgan fingerprint density at radius 2 is 2.12 bits per heavy atom. The number of hydrogen-bond acceptors (Lipinski definition) is 3. The fourth-order valence-corrected chi connectivity index (χ4v) is 6.83. The van der Waals surface area contributed by atoms with Crippen molar-refractivity contribution in [2.75, 3.05) is 19.6 Å². The Morgan fingerprint density at radius 3 is 2.80 bits per heavy atom. The average molecular weight is 348 g/mol. The van der Waals surface area contributed by atoms with Gasteiger partial charge < -0.3 is 15.3 Å². The third-order valence-electron chi connectivity index (χ3n) is 7.45. The lowest BCUT2D eigenvalue weighted by molar-refractivity contribution is -0.204. The van der Waals surface area contributed by atoms with E-state index in [2.05, 4.69) is 12.2 Å². The molecule has 0 spiro atoms. The van der Waals surface area contributed by atoms with Crippen molar-refractivity contribution in [3.8, 4) is 0 Å². The summed E-state index contributed by atoms with van der Waals surface area (Å²) in [6.07, 6.45) is 9.05. The van der Waals surface area contributed by atoms with Crippen molar-refractivity contribution in [3.05, 3.63) is 0 Å². The van der Waals surface area contributed by atoms with Crippen LogP contribution in [-0.2, 0) is 9.59 Å². The van der Waals surface area contributed by atoms with Gasteiger partial charge >= 0.3 is 0 Å². The number of rotatable bonds is 6. The maximum absolute atomic E-state index is 13.1. The molecule has 4 aliphatic carbocycles. The van der Waals surface area contributed by atoms with Gasteiger partial charge in [0.25, 0.3) is 0 Å². The summed E-state index contributed by atoms with van der Waals surface area (Å²) in [5.74, 6) is 0.911. The van der Waals surface area contributed by atoms with Gasteiger partial charge in [-0.2, -0.15) is 0 Å². The van der Waals surface area contributed by atoms with Gasteiger partial charge in [-0.3, -0.25) is 9.59 Å². The summed E-state index contributed by atoms with van der Waals surface area (Å²) >= 11 is 0. The van der Waals surface area contributed by atoms with E-state index in [9.17, 15) is 14.7 Å². The fraction of sp³-hybridized carbons (Fsp3) is 0.900. The lowest BCUT2D eigenvalue weighted by atomic mass is 9.42. The second-order valence-corrected chi connectivity index (χ2v) is 9.46. The highest BCUT2D eigenvalue weighted by Gasteiger charge is 2.64. The zero-order valence-electron chi connectivity index (χ0n) is 15.5. The van der Waals surface area contributed by atoms with Crippen LogP contribution in [0.2, 0.25) is 0 Å². The first-order chi connectivity index (χ1) is 11.9. The Hall–Kier alpha value is -1.10. The maximum Gasteiger partial charge on any atom is 0.226 e. The van der Waals surface area contributed by atoms with Crippen LogP contribution in [-0.4, -0.2) is 47.1 Å². The smallest absolute Gasteiger partial charge is 0.226 e. The molecule has 0 aromatic carbocycles. The van der Waals surface area contributed by atoms with Gasteiger partial charge in [0.05, 0.1) is 11.0 Å². The minimum Gasteiger partial charge on any atom is -0.390 e. The summed E-state index contributed by atoms with van der Waals surface area (Å²) in [5.41, 5.74) is -0.796. The molecule has 0 radical (unpaired) electrons. The SMILES string of the molecule is CCC12CC3CC(O)(C1)CC(C(=O)NCCCN1CCCC1=O)(C3)C2. The molecule has 1 aliphatic heterocycles. The predicted octanol–water partition coefficient (Wildman–Crippen LogP) is 2.23. The number of hydrogen-bond donors (Lipinski definition) is 2. The van der Waals surface area contributed by atoms with Crippen molar-refractivity contribution >= 4 is 11.8 Å². The van der Waals surface area contributed by atoms with Crippen LogP contribution in [0.4, 0.5) is 0 Å². The number of carbonyl (C=O) groups is 2. The number of carbonyl (C=O) groups excluding carboxylic acids is 2. The van der Waals surface area contributed by atoms with E-state index >= 15 is 0 Å². The molecule has 4 bridgehead atoms. The third-order valence-corrected chi connectivity index (χ3v) is 7.45. The molecule has 5 aliphatic rings. The second-order valence-electron chi connectivity index (χ2n) is 9.46. The first kappa shape index (κ1) is 17.3. The zero-order chi connectivity index (χ0) is 17.7. The van der Waals surface area contributed by atoms with Crippen molar-refractivity contribution in [1.29, 1.82) is 0 Å². The molecule has 1 heterocycles. The van der Waals surface area contributed by atoms with Crippen LogP contribution in [0, 0.1) is 16.7 Å². The molecule has 2 N–H and O–H groups in total. The molecular formula is C20H32N2O3. The van der Waals surface area contributed by atoms with Crippen LogP contribution in [0.15, 0.2) is 0 Å². The highest BCUT2D eigenvalue weighted by molar-refractivity contribution is 5.83. The lowest BCUT2D eigenvalue weighted by Crippen LogP contribution is -2.63. The standard InChI is InChI=1S/C20H32N2O3/c1-2-18-9-15-10-19(12-18,14-20(25,11-15)13-18)17(24)21-6-4-8-22-7-3-5-16(22)23/h15,25H,2-14H2,1H3,(H,21,24). The quantitative estimate of drug-likeness (QED) is 0.723. The monoisotopic (exact) mass is 348 g/mol. The third kappa shape index (κ3) is 2.98. The number of nitrogens with one attached hydrogen (secondary N) is 1. The fourth-order valence-electron chi connectivity index (χ4n) is 6.83. The lowest BCUT2D eigenvalue weighted by Gasteiger charge is -2.64. The first-order valence-corrected chi connectivity index (χ1v) is 10.2. The molecule has 5 heteroatoms. The molecule has 5 fully saturated rings. The molecule has 4 atom stereocenters. The van der Waals surface area contributed by atoms with Crippen LogP contribution in [0.5, 0.6) is 0 Å². The molecule has 1 saturated heterocycles. The van der Waals surface area contributed by atoms with Gasteiger partial charge in [0, 0.05) is 26.1 Å². The Kier molecular flexibility index (Phi) is 4.13. The number of nitrogens with zero attached hydrogens (tertiary/aromatic N) is 1. The molecule has 0 aromatic heterocycles. The number of aliphatic hydroxyl groups is 1. The van der Waals surface area contributed by atoms with E-state index in [-0.39, 0.29) is 22.6 Å². The summed E-state index contributed by atoms with van der Waals surface area (Å²) < 4.78 is 0. The van der Waals surface area contributed by atoms with Gasteiger partial charge in [0.15, 0.2) is 0 Å². The molecule has 5 nitrogen and oxygen atoms in total. The number of likely N-dealkylation sites (tertiary alicyclic amines) is 1. The average Bonchev–Trinajstić information content (AvgIpc) is 2.94. The molecule has 25 heavy (non-hydrogen) atoms. The highest BCUT2D eigenvalue weighted by Crippen LogP contribution is 2.67. The van der Waals surface area contributed by atoms with E-state index in [1.807, 2.05) is 4.90 Å². The largest absolute Gasteiger partial charge is 0.390 e. The van der Waals surface area contributed by atoms with E-state index in [0.717, 1.165) is 58.0 Å². The summed E-state index contributed by atoms with van der Waals surface area (Å²) in [4.78, 5) is 26.6. The minimum absolute atomic E-state index is 0.153. The normalized spacial score (nSPS) is 42.2. The van der Waals surface area contributed by atoms with E-state index in [1.54, 1.807) is 0 Å². The maximum atomic E-state index is 13.1. The van der Waals surface area contributed by atoms with Gasteiger partial charge in [-0.05, 0) is 62.7 Å². The van der Waals surface area contributed by atoms with Gasteiger partial charge in [0.2, 0.25) is 11.8 Å². The summed E-state index contributed by atoms with van der Waals surface area (Å²) in [7, 11) is 0. The Balaban J connectivity index is 1.36. The van der Waals surface area contributed by atoms with Crippen molar-refractivity contribution in [2.24, 2.45) is 16.7 Å². The van der Waals surface area contributed by atoms with Crippen LogP contribution in [0.3, 0.4) is 0 Å². The first-order valence-electron chi connectivity index (χ1n) is 10.2. The van der Waals surface area contributed by atoms with Crippen molar-refractivity contribution in [3.63, 3.8) is 0 Å². The second kappa shape index (κ2) is 5.97. The van der Waals surface area contributed by atoms with E-state index in [0.29, 0.717) is 25.3 Å². The molecule has 4 unspecified atom stereocenters. The van der Waals surface area contributed by atoms with Gasteiger partial charge in [0.1, 0.15) is 0 Å². The van der Waals surface area contributed by atoms with Crippen LogP contribution in [0.25, 0.3) is 0 Å². The van der Waals surface area contributed by atoms with Crippen LogP contribution < -0.4 is 5.32 Å². The van der Waals surface area contributed by atoms with Gasteiger partial charge in [-0.15, -0.1) is 0 Å². The Labute approximate surface area is 150 Å². The minimum atomic E-state index is -0.616. The summed E-state index contributed by atoms with van der Waals surface area (Å²) in [6, 6.07) is 0. The molecule has 5 rings (SSSR count). The Bertz CT molecular complexity index is 579. The highest BCUT2D eigenvalue weighted by atomic mass is 16.3. The van der Waals surface area contributed by atoms with Gasteiger partial charge in [-0.25, -0.2) is 0 Å². The predicted molar refractivity (Wildman–Crippen MR) is 94.7 cm³/mol. The van der Waals surface area contributed by atoms with Crippen LogP contribution >= 0.6 is 0 Å². The number of amides is 2. The van der Waals surface area contributed by atoms with Crippen molar-refractivity contribution in [2.45, 2.75) is 76.7 Å². The molecule has 0 aromatic rings. The van der Waals surface area contributed by atoms with Crippen molar-refractivity contribution < 1.29 is 14.7 Å².